The molecular formula is C29H33FN2O3. The summed E-state index contributed by atoms with van der Waals surface area (Å²) in [4.78, 5) is 27.0. The first kappa shape index (κ1) is 24.7. The second-order valence-electron chi connectivity index (χ2n) is 10.7. The van der Waals surface area contributed by atoms with Gasteiger partial charge in [0, 0.05) is 48.3 Å². The number of carbonyl (C=O) groups is 2. The van der Waals surface area contributed by atoms with Gasteiger partial charge >= 0.3 is 0 Å². The molecule has 0 radical (unpaired) electrons. The number of fused-ring (bicyclic) bond motifs is 1. The first-order valence-corrected chi connectivity index (χ1v) is 12.1. The lowest BCUT2D eigenvalue weighted by atomic mass is 9.84. The molecule has 3 aromatic rings. The number of rotatable bonds is 6. The van der Waals surface area contributed by atoms with Crippen LogP contribution in [0.1, 0.15) is 62.2 Å². The van der Waals surface area contributed by atoms with E-state index in [1.807, 2.05) is 30.3 Å². The molecule has 1 N–H and O–H groups in total. The van der Waals surface area contributed by atoms with Crippen LogP contribution in [0.5, 0.6) is 0 Å². The Morgan fingerprint density at radius 1 is 1.09 bits per heavy atom. The molecule has 1 atom stereocenters. The van der Waals surface area contributed by atoms with Crippen LogP contribution in [-0.4, -0.2) is 23.3 Å². The van der Waals surface area contributed by atoms with Crippen LogP contribution in [0.25, 0.3) is 11.3 Å². The summed E-state index contributed by atoms with van der Waals surface area (Å²) in [6.07, 6.45) is 2.12. The lowest BCUT2D eigenvalue weighted by Gasteiger charge is -2.26. The smallest absolute Gasteiger partial charge is 0.254 e. The maximum absolute atomic E-state index is 13.2. The number of carbonyl (C=O) groups excluding carboxylic acids is 2. The standard InChI is InChI=1S/C29H33FN2O3/c1-19(17-29(2,3)4)15-27(33)31-24-11-7-20(8-12-24)26-16-22-18-32(14-13-25(22)35-26)28(34)21-5-9-23(30)10-6-21/h5-12,16,19H,13-15,17-18H2,1-4H3,(H,31,33). The lowest BCUT2D eigenvalue weighted by Crippen LogP contribution is -2.35. The molecule has 2 heterocycles. The fraction of sp³-hybridized carbons (Fsp3) is 0.379. The summed E-state index contributed by atoms with van der Waals surface area (Å²) in [6, 6.07) is 15.2. The van der Waals surface area contributed by atoms with Crippen LogP contribution < -0.4 is 5.32 Å². The fourth-order valence-electron chi connectivity index (χ4n) is 4.79. The lowest BCUT2D eigenvalue weighted by molar-refractivity contribution is -0.117. The number of benzene rings is 2. The van der Waals surface area contributed by atoms with Crippen molar-refractivity contribution in [1.29, 1.82) is 0 Å². The molecule has 1 aliphatic heterocycles. The van der Waals surface area contributed by atoms with E-state index in [9.17, 15) is 14.0 Å². The molecule has 0 aliphatic carbocycles. The Kier molecular flexibility index (Phi) is 7.10. The molecule has 35 heavy (non-hydrogen) atoms. The highest BCUT2D eigenvalue weighted by atomic mass is 19.1. The quantitative estimate of drug-likeness (QED) is 0.431. The maximum Gasteiger partial charge on any atom is 0.254 e. The van der Waals surface area contributed by atoms with Gasteiger partial charge in [0.1, 0.15) is 17.3 Å². The van der Waals surface area contributed by atoms with Crippen LogP contribution in [0.15, 0.2) is 59.0 Å². The highest BCUT2D eigenvalue weighted by Gasteiger charge is 2.25. The molecule has 184 valence electrons. The minimum atomic E-state index is -0.359. The van der Waals surface area contributed by atoms with Gasteiger partial charge in [-0.05, 0) is 72.4 Å². The van der Waals surface area contributed by atoms with Gasteiger partial charge in [0.25, 0.3) is 5.91 Å². The summed E-state index contributed by atoms with van der Waals surface area (Å²) in [5.74, 6) is 1.49. The van der Waals surface area contributed by atoms with Crippen LogP contribution in [0.3, 0.4) is 0 Å². The number of halogens is 1. The third-order valence-corrected chi connectivity index (χ3v) is 6.19. The van der Waals surface area contributed by atoms with Crippen LogP contribution in [0.2, 0.25) is 0 Å². The Morgan fingerprint density at radius 2 is 1.77 bits per heavy atom. The van der Waals surface area contributed by atoms with Crippen LogP contribution >= 0.6 is 0 Å². The molecule has 0 fully saturated rings. The van der Waals surface area contributed by atoms with E-state index in [-0.39, 0.29) is 23.0 Å². The van der Waals surface area contributed by atoms with E-state index < -0.39 is 0 Å². The molecule has 1 aromatic heterocycles. The van der Waals surface area contributed by atoms with Gasteiger partial charge in [0.15, 0.2) is 0 Å². The molecule has 1 unspecified atom stereocenters. The Balaban J connectivity index is 1.38. The number of nitrogens with zero attached hydrogens (tertiary/aromatic N) is 1. The maximum atomic E-state index is 13.2. The summed E-state index contributed by atoms with van der Waals surface area (Å²) in [5, 5.41) is 2.99. The van der Waals surface area contributed by atoms with Crippen LogP contribution in [0, 0.1) is 17.2 Å². The Labute approximate surface area is 206 Å². The number of anilines is 1. The van der Waals surface area contributed by atoms with Crippen molar-refractivity contribution < 1.29 is 18.4 Å². The minimum absolute atomic E-state index is 0.0221. The summed E-state index contributed by atoms with van der Waals surface area (Å²) in [7, 11) is 0. The summed E-state index contributed by atoms with van der Waals surface area (Å²) >= 11 is 0. The van der Waals surface area contributed by atoms with Crippen molar-refractivity contribution >= 4 is 17.5 Å². The highest BCUT2D eigenvalue weighted by molar-refractivity contribution is 5.94. The fourth-order valence-corrected chi connectivity index (χ4v) is 4.79. The van der Waals surface area contributed by atoms with Crippen molar-refractivity contribution in [3.05, 3.63) is 77.3 Å². The molecule has 4 rings (SSSR count). The van der Waals surface area contributed by atoms with Gasteiger partial charge in [-0.25, -0.2) is 4.39 Å². The van der Waals surface area contributed by atoms with Crippen molar-refractivity contribution in [2.24, 2.45) is 11.3 Å². The van der Waals surface area contributed by atoms with Gasteiger partial charge < -0.3 is 14.6 Å². The van der Waals surface area contributed by atoms with Crippen molar-refractivity contribution in [3.8, 4) is 11.3 Å². The van der Waals surface area contributed by atoms with E-state index in [2.05, 4.69) is 33.0 Å². The molecule has 0 saturated carbocycles. The zero-order valence-corrected chi connectivity index (χ0v) is 20.9. The second kappa shape index (κ2) is 10.1. The normalized spacial score (nSPS) is 14.4. The van der Waals surface area contributed by atoms with Gasteiger partial charge in [-0.3, -0.25) is 9.59 Å². The van der Waals surface area contributed by atoms with Gasteiger partial charge in [-0.15, -0.1) is 0 Å². The SMILES string of the molecule is CC(CC(=O)Nc1ccc(-c2cc3c(o2)CCN(C(=O)c2ccc(F)cc2)C3)cc1)CC(C)(C)C. The topological polar surface area (TPSA) is 62.6 Å². The molecule has 5 nitrogen and oxygen atoms in total. The predicted octanol–water partition coefficient (Wildman–Crippen LogP) is 6.69. The van der Waals surface area contributed by atoms with E-state index in [0.29, 0.717) is 37.4 Å². The van der Waals surface area contributed by atoms with E-state index >= 15 is 0 Å². The molecule has 2 aromatic carbocycles. The molecule has 0 saturated heterocycles. The number of hydrogen-bond donors (Lipinski definition) is 1. The van der Waals surface area contributed by atoms with Crippen molar-refractivity contribution in [3.63, 3.8) is 0 Å². The van der Waals surface area contributed by atoms with Crippen molar-refractivity contribution in [1.82, 2.24) is 4.90 Å². The zero-order chi connectivity index (χ0) is 25.2. The molecule has 0 bridgehead atoms. The van der Waals surface area contributed by atoms with Gasteiger partial charge in [0.05, 0.1) is 0 Å². The predicted molar refractivity (Wildman–Crippen MR) is 135 cm³/mol. The molecule has 1 aliphatic rings. The molecule has 2 amide bonds. The number of amides is 2. The molecular weight excluding hydrogens is 443 g/mol. The van der Waals surface area contributed by atoms with E-state index in [1.165, 1.54) is 24.3 Å². The molecule has 0 spiro atoms. The van der Waals surface area contributed by atoms with E-state index in [0.717, 1.165) is 34.8 Å². The monoisotopic (exact) mass is 476 g/mol. The van der Waals surface area contributed by atoms with E-state index in [4.69, 9.17) is 4.42 Å². The highest BCUT2D eigenvalue weighted by Crippen LogP contribution is 2.31. The van der Waals surface area contributed by atoms with Gasteiger partial charge in [-0.2, -0.15) is 0 Å². The zero-order valence-electron chi connectivity index (χ0n) is 20.9. The minimum Gasteiger partial charge on any atom is -0.461 e. The van der Waals surface area contributed by atoms with Gasteiger partial charge in [0.2, 0.25) is 5.91 Å². The second-order valence-corrected chi connectivity index (χ2v) is 10.7. The van der Waals surface area contributed by atoms with Crippen LogP contribution in [-0.2, 0) is 17.8 Å². The summed E-state index contributed by atoms with van der Waals surface area (Å²) in [6.45, 7) is 9.68. The average Bonchev–Trinajstić information content (AvgIpc) is 3.21. The first-order chi connectivity index (χ1) is 16.6. The Bertz CT molecular complexity index is 1190. The Hall–Kier alpha value is -3.41. The average molecular weight is 477 g/mol. The third-order valence-electron chi connectivity index (χ3n) is 6.19. The summed E-state index contributed by atoms with van der Waals surface area (Å²) in [5.41, 5.74) is 3.33. The first-order valence-electron chi connectivity index (χ1n) is 12.1. The number of hydrogen-bond acceptors (Lipinski definition) is 3. The van der Waals surface area contributed by atoms with Crippen molar-refractivity contribution in [2.45, 2.75) is 53.5 Å². The number of furan rings is 1. The van der Waals surface area contributed by atoms with Crippen molar-refractivity contribution in [2.75, 3.05) is 11.9 Å². The third kappa shape index (κ3) is 6.38. The molecule has 6 heteroatoms. The summed E-state index contributed by atoms with van der Waals surface area (Å²) < 4.78 is 19.3. The Morgan fingerprint density at radius 3 is 2.43 bits per heavy atom. The van der Waals surface area contributed by atoms with Gasteiger partial charge in [-0.1, -0.05) is 27.7 Å². The van der Waals surface area contributed by atoms with E-state index in [1.54, 1.807) is 4.90 Å². The number of nitrogens with one attached hydrogen (secondary N) is 1. The largest absolute Gasteiger partial charge is 0.461 e. The van der Waals surface area contributed by atoms with Crippen LogP contribution in [0.4, 0.5) is 10.1 Å².